The van der Waals surface area contributed by atoms with E-state index in [9.17, 15) is 9.59 Å². The zero-order chi connectivity index (χ0) is 18.8. The van der Waals surface area contributed by atoms with E-state index in [1.54, 1.807) is 0 Å². The van der Waals surface area contributed by atoms with E-state index in [-0.39, 0.29) is 23.7 Å². The van der Waals surface area contributed by atoms with Crippen molar-refractivity contribution in [3.8, 4) is 0 Å². The number of amides is 2. The van der Waals surface area contributed by atoms with Gasteiger partial charge in [0.2, 0.25) is 11.8 Å². The molecule has 2 aliphatic rings. The molecule has 1 aliphatic carbocycles. The van der Waals surface area contributed by atoms with E-state index in [0.717, 1.165) is 42.6 Å². The molecule has 0 radical (unpaired) electrons. The van der Waals surface area contributed by atoms with E-state index in [0.29, 0.717) is 18.4 Å². The van der Waals surface area contributed by atoms with Gasteiger partial charge in [0.15, 0.2) is 0 Å². The average Bonchev–Trinajstić information content (AvgIpc) is 3.43. The number of para-hydroxylation sites is 1. The van der Waals surface area contributed by atoms with Gasteiger partial charge in [-0.2, -0.15) is 0 Å². The second-order valence-electron chi connectivity index (χ2n) is 8.22. The molecule has 1 aliphatic heterocycles. The monoisotopic (exact) mass is 356 g/mol. The molecular weight excluding hydrogens is 324 g/mol. The van der Waals surface area contributed by atoms with Crippen LogP contribution in [0.1, 0.15) is 69.9 Å². The number of aryl methyl sites for hydroxylation is 1. The van der Waals surface area contributed by atoms with E-state index in [1.165, 1.54) is 6.42 Å². The number of carbonyl (C=O) groups excluding carboxylic acids is 2. The van der Waals surface area contributed by atoms with Crippen molar-refractivity contribution in [3.63, 3.8) is 0 Å². The Labute approximate surface area is 157 Å². The van der Waals surface area contributed by atoms with Gasteiger partial charge in [-0.05, 0) is 56.1 Å². The number of likely N-dealkylation sites (tertiary alicyclic amines) is 1. The quantitative estimate of drug-likeness (QED) is 0.845. The van der Waals surface area contributed by atoms with Crippen molar-refractivity contribution < 1.29 is 9.59 Å². The Balaban J connectivity index is 1.66. The van der Waals surface area contributed by atoms with Crippen LogP contribution in [-0.2, 0) is 9.59 Å². The van der Waals surface area contributed by atoms with Crippen LogP contribution in [0.2, 0.25) is 0 Å². The van der Waals surface area contributed by atoms with Crippen molar-refractivity contribution in [3.05, 3.63) is 29.3 Å². The number of hydrogen-bond donors (Lipinski definition) is 1. The van der Waals surface area contributed by atoms with Crippen LogP contribution in [0.4, 0.5) is 5.69 Å². The predicted molar refractivity (Wildman–Crippen MR) is 105 cm³/mol. The second kappa shape index (κ2) is 7.81. The van der Waals surface area contributed by atoms with Crippen molar-refractivity contribution in [1.82, 2.24) is 4.90 Å². The smallest absolute Gasteiger partial charge is 0.228 e. The summed E-state index contributed by atoms with van der Waals surface area (Å²) in [6.07, 6.45) is 5.11. The molecule has 2 fully saturated rings. The first-order chi connectivity index (χ1) is 12.4. The van der Waals surface area contributed by atoms with Crippen LogP contribution in [-0.4, -0.2) is 29.3 Å². The fourth-order valence-corrected chi connectivity index (χ4v) is 4.24. The van der Waals surface area contributed by atoms with Crippen molar-refractivity contribution in [2.45, 2.75) is 71.8 Å². The SMILES string of the molecule is CCC1CCCCN1C(=O)C1CC1C(=O)Nc1c(C)cccc1C(C)C. The molecule has 3 atom stereocenters. The molecule has 0 bridgehead atoms. The Hall–Kier alpha value is -1.84. The highest BCUT2D eigenvalue weighted by Gasteiger charge is 2.50. The van der Waals surface area contributed by atoms with Gasteiger partial charge in [0.25, 0.3) is 0 Å². The Morgan fingerprint density at radius 1 is 1.23 bits per heavy atom. The molecule has 26 heavy (non-hydrogen) atoms. The summed E-state index contributed by atoms with van der Waals surface area (Å²) in [6, 6.07) is 6.49. The highest BCUT2D eigenvalue weighted by atomic mass is 16.2. The van der Waals surface area contributed by atoms with Gasteiger partial charge in [0.1, 0.15) is 0 Å². The molecule has 4 heteroatoms. The molecule has 2 amide bonds. The number of anilines is 1. The van der Waals surface area contributed by atoms with Crippen LogP contribution in [0.3, 0.4) is 0 Å². The van der Waals surface area contributed by atoms with Gasteiger partial charge in [0.05, 0.1) is 11.8 Å². The standard InChI is InChI=1S/C22H32N2O2/c1-5-16-10-6-7-12-24(16)22(26)19-13-18(19)21(25)23-20-15(4)9-8-11-17(20)14(2)3/h8-9,11,14,16,18-19H,5-7,10,12-13H2,1-4H3,(H,23,25). The lowest BCUT2D eigenvalue weighted by Crippen LogP contribution is -2.44. The molecule has 0 aromatic heterocycles. The maximum Gasteiger partial charge on any atom is 0.228 e. The van der Waals surface area contributed by atoms with Crippen molar-refractivity contribution in [2.75, 3.05) is 11.9 Å². The van der Waals surface area contributed by atoms with Gasteiger partial charge >= 0.3 is 0 Å². The molecule has 1 saturated carbocycles. The van der Waals surface area contributed by atoms with Crippen molar-refractivity contribution in [1.29, 1.82) is 0 Å². The molecule has 3 unspecified atom stereocenters. The first-order valence-corrected chi connectivity index (χ1v) is 10.1. The van der Waals surface area contributed by atoms with E-state index < -0.39 is 0 Å². The summed E-state index contributed by atoms with van der Waals surface area (Å²) in [7, 11) is 0. The largest absolute Gasteiger partial charge is 0.339 e. The maximum absolute atomic E-state index is 12.9. The normalized spacial score (nSPS) is 25.3. The topological polar surface area (TPSA) is 49.4 Å². The zero-order valence-corrected chi connectivity index (χ0v) is 16.5. The summed E-state index contributed by atoms with van der Waals surface area (Å²) >= 11 is 0. The minimum absolute atomic E-state index is 0.00427. The van der Waals surface area contributed by atoms with E-state index in [2.05, 4.69) is 37.1 Å². The van der Waals surface area contributed by atoms with Crippen molar-refractivity contribution in [2.24, 2.45) is 11.8 Å². The van der Waals surface area contributed by atoms with E-state index in [4.69, 9.17) is 0 Å². The summed E-state index contributed by atoms with van der Waals surface area (Å²) in [6.45, 7) is 9.30. The summed E-state index contributed by atoms with van der Waals surface area (Å²) in [4.78, 5) is 27.7. The number of carbonyl (C=O) groups is 2. The number of nitrogens with zero attached hydrogens (tertiary/aromatic N) is 1. The molecule has 4 nitrogen and oxygen atoms in total. The first kappa shape index (κ1) is 18.9. The minimum atomic E-state index is -0.165. The number of benzene rings is 1. The van der Waals surface area contributed by atoms with Gasteiger partial charge in [0, 0.05) is 18.3 Å². The molecule has 3 rings (SSSR count). The predicted octanol–water partition coefficient (Wildman–Crippen LogP) is 4.48. The fourth-order valence-electron chi connectivity index (χ4n) is 4.24. The third kappa shape index (κ3) is 3.79. The van der Waals surface area contributed by atoms with E-state index in [1.807, 2.05) is 19.1 Å². The number of hydrogen-bond acceptors (Lipinski definition) is 2. The van der Waals surface area contributed by atoms with Crippen LogP contribution in [0, 0.1) is 18.8 Å². The Kier molecular flexibility index (Phi) is 5.69. The van der Waals surface area contributed by atoms with Crippen LogP contribution >= 0.6 is 0 Å². The summed E-state index contributed by atoms with van der Waals surface area (Å²) in [5, 5.41) is 3.13. The van der Waals surface area contributed by atoms with Gasteiger partial charge in [-0.15, -0.1) is 0 Å². The molecule has 1 saturated heterocycles. The van der Waals surface area contributed by atoms with Crippen molar-refractivity contribution >= 4 is 17.5 Å². The van der Waals surface area contributed by atoms with Gasteiger partial charge in [-0.1, -0.05) is 39.0 Å². The molecule has 1 aromatic rings. The lowest BCUT2D eigenvalue weighted by Gasteiger charge is -2.35. The highest BCUT2D eigenvalue weighted by molar-refractivity contribution is 6.00. The summed E-state index contributed by atoms with van der Waals surface area (Å²) in [5.41, 5.74) is 3.16. The molecule has 142 valence electrons. The minimum Gasteiger partial charge on any atom is -0.339 e. The van der Waals surface area contributed by atoms with Gasteiger partial charge in [-0.25, -0.2) is 0 Å². The highest BCUT2D eigenvalue weighted by Crippen LogP contribution is 2.42. The lowest BCUT2D eigenvalue weighted by atomic mass is 9.98. The van der Waals surface area contributed by atoms with E-state index >= 15 is 0 Å². The molecule has 1 heterocycles. The molecular formula is C22H32N2O2. The lowest BCUT2D eigenvalue weighted by molar-refractivity contribution is -0.137. The first-order valence-electron chi connectivity index (χ1n) is 10.1. The maximum atomic E-state index is 12.9. The summed E-state index contributed by atoms with van der Waals surface area (Å²) in [5.74, 6) is 0.269. The number of nitrogens with one attached hydrogen (secondary N) is 1. The summed E-state index contributed by atoms with van der Waals surface area (Å²) < 4.78 is 0. The number of piperidine rings is 1. The van der Waals surface area contributed by atoms with Gasteiger partial charge < -0.3 is 10.2 Å². The Bertz CT molecular complexity index is 683. The Morgan fingerprint density at radius 3 is 2.69 bits per heavy atom. The zero-order valence-electron chi connectivity index (χ0n) is 16.5. The fraction of sp³-hybridized carbons (Fsp3) is 0.636. The van der Waals surface area contributed by atoms with Crippen LogP contribution < -0.4 is 5.32 Å². The number of rotatable bonds is 5. The average molecular weight is 357 g/mol. The second-order valence-corrected chi connectivity index (χ2v) is 8.22. The van der Waals surface area contributed by atoms with Crippen LogP contribution in [0.15, 0.2) is 18.2 Å². The molecule has 1 N–H and O–H groups in total. The Morgan fingerprint density at radius 2 is 2.00 bits per heavy atom. The third-order valence-corrected chi connectivity index (χ3v) is 6.00. The molecule has 1 aromatic carbocycles. The van der Waals surface area contributed by atoms with Crippen LogP contribution in [0.5, 0.6) is 0 Å². The third-order valence-electron chi connectivity index (χ3n) is 6.00. The molecule has 0 spiro atoms. The van der Waals surface area contributed by atoms with Crippen LogP contribution in [0.25, 0.3) is 0 Å². The van der Waals surface area contributed by atoms with Gasteiger partial charge in [-0.3, -0.25) is 9.59 Å².